The van der Waals surface area contributed by atoms with Crippen LogP contribution in [0.15, 0.2) is 47.5 Å². The molecule has 0 bridgehead atoms. The van der Waals surface area contributed by atoms with Gasteiger partial charge in [0.25, 0.3) is 0 Å². The van der Waals surface area contributed by atoms with Crippen LogP contribution >= 0.6 is 0 Å². The van der Waals surface area contributed by atoms with E-state index in [2.05, 4.69) is 11.1 Å². The summed E-state index contributed by atoms with van der Waals surface area (Å²) in [6, 6.07) is 14.6. The number of anilines is 1. The van der Waals surface area contributed by atoms with E-state index in [1.807, 2.05) is 36.1 Å². The van der Waals surface area contributed by atoms with Crippen LogP contribution in [0.1, 0.15) is 27.9 Å². The number of carbonyl (C=O) groups is 1. The summed E-state index contributed by atoms with van der Waals surface area (Å²) >= 11 is 0. The third-order valence-corrected chi connectivity index (χ3v) is 4.63. The van der Waals surface area contributed by atoms with Crippen LogP contribution < -0.4 is 4.90 Å². The van der Waals surface area contributed by atoms with Crippen molar-refractivity contribution in [3.8, 4) is 6.07 Å². The molecule has 4 rings (SSSR count). The molecule has 1 N–H and O–H groups in total. The molecule has 2 heterocycles. The van der Waals surface area contributed by atoms with Crippen LogP contribution in [-0.2, 0) is 0 Å². The van der Waals surface area contributed by atoms with Crippen molar-refractivity contribution in [3.63, 3.8) is 0 Å². The van der Waals surface area contributed by atoms with E-state index in [1.165, 1.54) is 0 Å². The first kappa shape index (κ1) is 14.6. The zero-order chi connectivity index (χ0) is 16.9. The Kier molecular flexibility index (Phi) is 3.05. The summed E-state index contributed by atoms with van der Waals surface area (Å²) in [4.78, 5) is 19.3. The molecular formula is C19H15N3O2. The van der Waals surface area contributed by atoms with Gasteiger partial charge < -0.3 is 10.0 Å². The number of benzene rings is 2. The molecule has 2 aliphatic heterocycles. The van der Waals surface area contributed by atoms with Crippen molar-refractivity contribution in [2.75, 3.05) is 11.4 Å². The number of carbonyl (C=O) groups excluding carboxylic acids is 1. The van der Waals surface area contributed by atoms with Crippen LogP contribution in [0.3, 0.4) is 0 Å². The van der Waals surface area contributed by atoms with Gasteiger partial charge in [0, 0.05) is 24.2 Å². The Balaban J connectivity index is 1.83. The van der Waals surface area contributed by atoms with E-state index >= 15 is 0 Å². The number of hydrogen-bond acceptors (Lipinski definition) is 5. The fraction of sp³-hybridized carbons (Fsp3) is 0.211. The number of aryl methyl sites for hydroxylation is 1. The number of rotatable bonds is 1. The van der Waals surface area contributed by atoms with E-state index < -0.39 is 5.60 Å². The summed E-state index contributed by atoms with van der Waals surface area (Å²) < 4.78 is 0. The summed E-state index contributed by atoms with van der Waals surface area (Å²) in [7, 11) is 0. The van der Waals surface area contributed by atoms with Crippen molar-refractivity contribution in [2.24, 2.45) is 4.99 Å². The Morgan fingerprint density at radius 3 is 2.71 bits per heavy atom. The molecule has 1 saturated heterocycles. The highest BCUT2D eigenvalue weighted by molar-refractivity contribution is 6.28. The Morgan fingerprint density at radius 2 is 2.00 bits per heavy atom. The van der Waals surface area contributed by atoms with Crippen LogP contribution in [0.4, 0.5) is 11.4 Å². The maximum atomic E-state index is 12.8. The molecule has 0 saturated carbocycles. The Morgan fingerprint density at radius 1 is 1.25 bits per heavy atom. The lowest BCUT2D eigenvalue weighted by molar-refractivity contribution is 0.0602. The predicted molar refractivity (Wildman–Crippen MR) is 90.7 cm³/mol. The standard InChI is InChI=1S/C19H15N3O2/c1-12-2-7-16-15(10-12)17(23)19(24)8-9-22(18(19)21-16)14-5-3-13(11-20)4-6-14/h2-7,10,24H,8-9H2,1H3. The lowest BCUT2D eigenvalue weighted by atomic mass is 9.87. The molecule has 118 valence electrons. The quantitative estimate of drug-likeness (QED) is 0.877. The van der Waals surface area contributed by atoms with Crippen LogP contribution in [0, 0.1) is 18.3 Å². The monoisotopic (exact) mass is 317 g/mol. The van der Waals surface area contributed by atoms with Crippen LogP contribution in [0.5, 0.6) is 0 Å². The molecule has 1 atom stereocenters. The van der Waals surface area contributed by atoms with E-state index in [-0.39, 0.29) is 5.78 Å². The van der Waals surface area contributed by atoms with Gasteiger partial charge in [-0.25, -0.2) is 4.99 Å². The van der Waals surface area contributed by atoms with Gasteiger partial charge in [0.15, 0.2) is 5.60 Å². The Hall–Kier alpha value is -2.97. The average molecular weight is 317 g/mol. The number of nitrogens with zero attached hydrogens (tertiary/aromatic N) is 3. The minimum absolute atomic E-state index is 0.289. The molecule has 0 amide bonds. The number of aliphatic hydroxyl groups is 1. The van der Waals surface area contributed by atoms with Gasteiger partial charge in [-0.15, -0.1) is 0 Å². The van der Waals surface area contributed by atoms with Gasteiger partial charge in [0.2, 0.25) is 5.78 Å². The number of ketones is 1. The van der Waals surface area contributed by atoms with Gasteiger partial charge in [-0.3, -0.25) is 4.79 Å². The second kappa shape index (κ2) is 5.02. The molecule has 5 nitrogen and oxygen atoms in total. The van der Waals surface area contributed by atoms with Gasteiger partial charge in [0.05, 0.1) is 17.3 Å². The minimum atomic E-state index is -1.57. The van der Waals surface area contributed by atoms with E-state index in [0.717, 1.165) is 11.3 Å². The van der Waals surface area contributed by atoms with E-state index in [1.54, 1.807) is 18.2 Å². The molecule has 0 aliphatic carbocycles. The number of aliphatic imine (C=N–C) groups is 1. The number of amidine groups is 1. The maximum Gasteiger partial charge on any atom is 0.204 e. The first-order valence-corrected chi connectivity index (χ1v) is 7.77. The van der Waals surface area contributed by atoms with Crippen molar-refractivity contribution in [3.05, 3.63) is 59.2 Å². The average Bonchev–Trinajstić information content (AvgIpc) is 2.94. The molecule has 2 aromatic carbocycles. The Bertz CT molecular complexity index is 925. The summed E-state index contributed by atoms with van der Waals surface area (Å²) in [6.45, 7) is 2.41. The van der Waals surface area contributed by atoms with Crippen molar-refractivity contribution in [1.82, 2.24) is 0 Å². The van der Waals surface area contributed by atoms with Crippen molar-refractivity contribution >= 4 is 23.0 Å². The van der Waals surface area contributed by atoms with Crippen LogP contribution in [0.2, 0.25) is 0 Å². The third-order valence-electron chi connectivity index (χ3n) is 4.63. The SMILES string of the molecule is Cc1ccc2c(c1)C(=O)C1(O)CCN(c3ccc(C#N)cc3)C1=N2. The highest BCUT2D eigenvalue weighted by Crippen LogP contribution is 2.39. The lowest BCUT2D eigenvalue weighted by Gasteiger charge is -2.29. The first-order valence-electron chi connectivity index (χ1n) is 7.77. The largest absolute Gasteiger partial charge is 0.374 e. The van der Waals surface area contributed by atoms with E-state index in [0.29, 0.717) is 35.6 Å². The lowest BCUT2D eigenvalue weighted by Crippen LogP contribution is -2.48. The molecule has 24 heavy (non-hydrogen) atoms. The number of hydrogen-bond donors (Lipinski definition) is 1. The molecule has 5 heteroatoms. The van der Waals surface area contributed by atoms with Gasteiger partial charge in [-0.05, 0) is 43.3 Å². The highest BCUT2D eigenvalue weighted by Gasteiger charge is 2.52. The van der Waals surface area contributed by atoms with Crippen molar-refractivity contribution in [1.29, 1.82) is 5.26 Å². The van der Waals surface area contributed by atoms with Crippen LogP contribution in [-0.4, -0.2) is 28.9 Å². The van der Waals surface area contributed by atoms with Crippen molar-refractivity contribution < 1.29 is 9.90 Å². The van der Waals surface area contributed by atoms with Gasteiger partial charge >= 0.3 is 0 Å². The zero-order valence-corrected chi connectivity index (χ0v) is 13.2. The zero-order valence-electron chi connectivity index (χ0n) is 13.2. The highest BCUT2D eigenvalue weighted by atomic mass is 16.3. The first-order chi connectivity index (χ1) is 11.5. The molecule has 1 unspecified atom stereocenters. The summed E-state index contributed by atoms with van der Waals surface area (Å²) in [6.07, 6.45) is 0.304. The second-order valence-electron chi connectivity index (χ2n) is 6.21. The molecule has 1 fully saturated rings. The van der Waals surface area contributed by atoms with Crippen LogP contribution in [0.25, 0.3) is 0 Å². The fourth-order valence-corrected chi connectivity index (χ4v) is 3.32. The molecule has 0 spiro atoms. The number of Topliss-reactive ketones (excluding diaryl/α,β-unsaturated/α-hetero) is 1. The summed E-state index contributed by atoms with van der Waals surface area (Å²) in [5.41, 5.74) is 1.83. The normalized spacial score (nSPS) is 21.8. The molecule has 0 radical (unpaired) electrons. The third kappa shape index (κ3) is 1.97. The predicted octanol–water partition coefficient (Wildman–Crippen LogP) is 2.73. The number of nitriles is 1. The summed E-state index contributed by atoms with van der Waals surface area (Å²) in [5, 5.41) is 19.9. The summed E-state index contributed by atoms with van der Waals surface area (Å²) in [5.74, 6) is 0.0795. The van der Waals surface area contributed by atoms with E-state index in [4.69, 9.17) is 5.26 Å². The molecular weight excluding hydrogens is 302 g/mol. The molecule has 0 aromatic heterocycles. The second-order valence-corrected chi connectivity index (χ2v) is 6.21. The van der Waals surface area contributed by atoms with Gasteiger partial charge in [-0.2, -0.15) is 5.26 Å². The smallest absolute Gasteiger partial charge is 0.204 e. The maximum absolute atomic E-state index is 12.8. The molecule has 2 aliphatic rings. The number of fused-ring (bicyclic) bond motifs is 2. The van der Waals surface area contributed by atoms with Crippen molar-refractivity contribution in [2.45, 2.75) is 18.9 Å². The topological polar surface area (TPSA) is 76.7 Å². The minimum Gasteiger partial charge on any atom is -0.374 e. The van der Waals surface area contributed by atoms with Gasteiger partial charge in [-0.1, -0.05) is 11.6 Å². The fourth-order valence-electron chi connectivity index (χ4n) is 3.32. The Labute approximate surface area is 139 Å². The molecule has 2 aromatic rings. The van der Waals surface area contributed by atoms with Gasteiger partial charge in [0.1, 0.15) is 5.84 Å². The van der Waals surface area contributed by atoms with E-state index in [9.17, 15) is 9.90 Å².